The number of nitrogens with one attached hydrogen (secondary N) is 1. The standard InChI is InChI=1S/C25H30N2O5/c1-30-20-9-5-17(6-10-20)24-22(25(29)26-18-4-3-15-32-16-18)13-14-23(28)27(24)19-7-11-21(31-2)12-8-19/h5-12,18,22,24H,3-4,13-16H2,1-2H3,(H,26,29). The van der Waals surface area contributed by atoms with Gasteiger partial charge in [-0.05, 0) is 61.2 Å². The lowest BCUT2D eigenvalue weighted by atomic mass is 9.83. The molecule has 2 aliphatic heterocycles. The van der Waals surface area contributed by atoms with Crippen LogP contribution in [0.5, 0.6) is 11.5 Å². The molecule has 0 saturated carbocycles. The van der Waals surface area contributed by atoms with E-state index >= 15 is 0 Å². The van der Waals surface area contributed by atoms with E-state index in [0.717, 1.165) is 36.4 Å². The van der Waals surface area contributed by atoms with Gasteiger partial charge < -0.3 is 24.4 Å². The summed E-state index contributed by atoms with van der Waals surface area (Å²) in [6.07, 6.45) is 2.67. The van der Waals surface area contributed by atoms with Crippen LogP contribution in [0.15, 0.2) is 48.5 Å². The van der Waals surface area contributed by atoms with Crippen molar-refractivity contribution >= 4 is 17.5 Å². The van der Waals surface area contributed by atoms with E-state index in [9.17, 15) is 9.59 Å². The highest BCUT2D eigenvalue weighted by Gasteiger charge is 2.42. The third kappa shape index (κ3) is 4.72. The van der Waals surface area contributed by atoms with Crippen molar-refractivity contribution in [1.29, 1.82) is 0 Å². The first-order chi connectivity index (χ1) is 15.6. The molecule has 170 valence electrons. The number of amides is 2. The first-order valence-corrected chi connectivity index (χ1v) is 11.1. The Morgan fingerprint density at radius 1 is 1.00 bits per heavy atom. The molecule has 2 heterocycles. The summed E-state index contributed by atoms with van der Waals surface area (Å²) < 4.78 is 16.1. The highest BCUT2D eigenvalue weighted by Crippen LogP contribution is 2.41. The molecule has 32 heavy (non-hydrogen) atoms. The fraction of sp³-hybridized carbons (Fsp3) is 0.440. The minimum absolute atomic E-state index is 0.000958. The van der Waals surface area contributed by atoms with Crippen molar-refractivity contribution in [1.82, 2.24) is 5.32 Å². The number of methoxy groups -OCH3 is 2. The lowest BCUT2D eigenvalue weighted by Gasteiger charge is -2.41. The number of carbonyl (C=O) groups is 2. The second kappa shape index (κ2) is 10.0. The van der Waals surface area contributed by atoms with Gasteiger partial charge in [-0.15, -0.1) is 0 Å². The van der Waals surface area contributed by atoms with Crippen LogP contribution in [0.1, 0.15) is 37.3 Å². The predicted molar refractivity (Wildman–Crippen MR) is 121 cm³/mol. The highest BCUT2D eigenvalue weighted by molar-refractivity contribution is 5.97. The fourth-order valence-electron chi connectivity index (χ4n) is 4.56. The summed E-state index contributed by atoms with van der Waals surface area (Å²) in [7, 11) is 3.22. The highest BCUT2D eigenvalue weighted by atomic mass is 16.5. The molecule has 0 aliphatic carbocycles. The Balaban J connectivity index is 1.68. The van der Waals surface area contributed by atoms with E-state index in [1.54, 1.807) is 19.1 Å². The van der Waals surface area contributed by atoms with Crippen molar-refractivity contribution in [2.24, 2.45) is 5.92 Å². The number of piperidine rings is 1. The van der Waals surface area contributed by atoms with Crippen molar-refractivity contribution in [2.75, 3.05) is 32.3 Å². The zero-order chi connectivity index (χ0) is 22.5. The van der Waals surface area contributed by atoms with Crippen molar-refractivity contribution in [2.45, 2.75) is 37.8 Å². The Bertz CT molecular complexity index is 922. The number of rotatable bonds is 6. The summed E-state index contributed by atoms with van der Waals surface area (Å²) >= 11 is 0. The number of benzene rings is 2. The third-order valence-corrected chi connectivity index (χ3v) is 6.25. The van der Waals surface area contributed by atoms with E-state index in [-0.39, 0.29) is 23.8 Å². The molecule has 0 aromatic heterocycles. The molecule has 2 aromatic carbocycles. The topological polar surface area (TPSA) is 77.1 Å². The molecular weight excluding hydrogens is 408 g/mol. The number of anilines is 1. The summed E-state index contributed by atoms with van der Waals surface area (Å²) in [6.45, 7) is 1.27. The van der Waals surface area contributed by atoms with Crippen molar-refractivity contribution in [3.63, 3.8) is 0 Å². The maximum absolute atomic E-state index is 13.4. The summed E-state index contributed by atoms with van der Waals surface area (Å²) in [5.74, 6) is 1.04. The van der Waals surface area contributed by atoms with Gasteiger partial charge in [0.05, 0.1) is 38.8 Å². The summed E-state index contributed by atoms with van der Waals surface area (Å²) in [5.41, 5.74) is 1.64. The SMILES string of the molecule is COc1ccc(C2C(C(=O)NC3CCCOC3)CCC(=O)N2c2ccc(OC)cc2)cc1. The van der Waals surface area contributed by atoms with Crippen LogP contribution in [0.4, 0.5) is 5.69 Å². The van der Waals surface area contributed by atoms with E-state index in [4.69, 9.17) is 14.2 Å². The Morgan fingerprint density at radius 3 is 2.25 bits per heavy atom. The first kappa shape index (κ1) is 22.1. The molecule has 2 fully saturated rings. The van der Waals surface area contributed by atoms with Gasteiger partial charge in [-0.25, -0.2) is 0 Å². The molecule has 2 saturated heterocycles. The molecule has 2 amide bonds. The van der Waals surface area contributed by atoms with E-state index in [1.807, 2.05) is 48.5 Å². The van der Waals surface area contributed by atoms with Crippen LogP contribution < -0.4 is 19.7 Å². The number of carbonyl (C=O) groups excluding carboxylic acids is 2. The minimum Gasteiger partial charge on any atom is -0.497 e. The smallest absolute Gasteiger partial charge is 0.227 e. The minimum atomic E-state index is -0.417. The normalized spacial score (nSPS) is 23.5. The number of hydrogen-bond acceptors (Lipinski definition) is 5. The van der Waals surface area contributed by atoms with Crippen LogP contribution in [-0.4, -0.2) is 45.3 Å². The molecule has 0 bridgehead atoms. The maximum Gasteiger partial charge on any atom is 0.227 e. The second-order valence-electron chi connectivity index (χ2n) is 8.25. The average Bonchev–Trinajstić information content (AvgIpc) is 2.84. The molecule has 7 nitrogen and oxygen atoms in total. The molecule has 3 atom stereocenters. The van der Waals surface area contributed by atoms with Gasteiger partial charge in [0.15, 0.2) is 0 Å². The Hall–Kier alpha value is -3.06. The molecule has 1 N–H and O–H groups in total. The van der Waals surface area contributed by atoms with Crippen molar-refractivity contribution < 1.29 is 23.8 Å². The molecule has 4 rings (SSSR count). The maximum atomic E-state index is 13.4. The first-order valence-electron chi connectivity index (χ1n) is 11.1. The summed E-state index contributed by atoms with van der Waals surface area (Å²) in [4.78, 5) is 28.3. The second-order valence-corrected chi connectivity index (χ2v) is 8.25. The lowest BCUT2D eigenvalue weighted by Crippen LogP contribution is -2.51. The van der Waals surface area contributed by atoms with Crippen LogP contribution in [0.3, 0.4) is 0 Å². The van der Waals surface area contributed by atoms with Gasteiger partial charge in [0.2, 0.25) is 11.8 Å². The van der Waals surface area contributed by atoms with Gasteiger partial charge in [0, 0.05) is 18.7 Å². The fourth-order valence-corrected chi connectivity index (χ4v) is 4.56. The molecule has 0 radical (unpaired) electrons. The van der Waals surface area contributed by atoms with Crippen LogP contribution >= 0.6 is 0 Å². The Kier molecular flexibility index (Phi) is 6.95. The van der Waals surface area contributed by atoms with Gasteiger partial charge in [-0.2, -0.15) is 0 Å². The van der Waals surface area contributed by atoms with Gasteiger partial charge >= 0.3 is 0 Å². The van der Waals surface area contributed by atoms with E-state index in [0.29, 0.717) is 25.2 Å². The Labute approximate surface area is 188 Å². The summed E-state index contributed by atoms with van der Waals surface area (Å²) in [5, 5.41) is 3.17. The molecular formula is C25H30N2O5. The van der Waals surface area contributed by atoms with Crippen molar-refractivity contribution in [3.8, 4) is 11.5 Å². The van der Waals surface area contributed by atoms with Gasteiger partial charge in [-0.1, -0.05) is 12.1 Å². The van der Waals surface area contributed by atoms with Gasteiger partial charge in [-0.3, -0.25) is 9.59 Å². The van der Waals surface area contributed by atoms with Gasteiger partial charge in [0.1, 0.15) is 11.5 Å². The zero-order valence-corrected chi connectivity index (χ0v) is 18.6. The Morgan fingerprint density at radius 2 is 1.66 bits per heavy atom. The van der Waals surface area contributed by atoms with Crippen LogP contribution in [0.25, 0.3) is 0 Å². The van der Waals surface area contributed by atoms with E-state index < -0.39 is 6.04 Å². The monoisotopic (exact) mass is 438 g/mol. The summed E-state index contributed by atoms with van der Waals surface area (Å²) in [6, 6.07) is 14.6. The van der Waals surface area contributed by atoms with E-state index in [1.165, 1.54) is 0 Å². The zero-order valence-electron chi connectivity index (χ0n) is 18.6. The molecule has 2 aliphatic rings. The molecule has 0 spiro atoms. The van der Waals surface area contributed by atoms with Crippen LogP contribution in [0.2, 0.25) is 0 Å². The molecule has 7 heteroatoms. The van der Waals surface area contributed by atoms with Gasteiger partial charge in [0.25, 0.3) is 0 Å². The molecule has 2 aromatic rings. The quantitative estimate of drug-likeness (QED) is 0.747. The van der Waals surface area contributed by atoms with Crippen molar-refractivity contribution in [3.05, 3.63) is 54.1 Å². The average molecular weight is 439 g/mol. The number of ether oxygens (including phenoxy) is 3. The molecule has 3 unspecified atom stereocenters. The lowest BCUT2D eigenvalue weighted by molar-refractivity contribution is -0.130. The van der Waals surface area contributed by atoms with E-state index in [2.05, 4.69) is 5.32 Å². The van der Waals surface area contributed by atoms with Crippen LogP contribution in [-0.2, 0) is 14.3 Å². The number of hydrogen-bond donors (Lipinski definition) is 1. The van der Waals surface area contributed by atoms with Crippen LogP contribution in [0, 0.1) is 5.92 Å². The predicted octanol–water partition coefficient (Wildman–Crippen LogP) is 3.48. The largest absolute Gasteiger partial charge is 0.497 e. The number of nitrogens with zero attached hydrogens (tertiary/aromatic N) is 1. The third-order valence-electron chi connectivity index (χ3n) is 6.25.